The van der Waals surface area contributed by atoms with E-state index in [9.17, 15) is 14.4 Å². The fourth-order valence-electron chi connectivity index (χ4n) is 3.39. The van der Waals surface area contributed by atoms with Gasteiger partial charge in [0.1, 0.15) is 11.5 Å². The van der Waals surface area contributed by atoms with Gasteiger partial charge in [-0.3, -0.25) is 19.1 Å². The number of nitrogens with zero attached hydrogens (tertiary/aromatic N) is 3. The van der Waals surface area contributed by atoms with Crippen LogP contribution in [0, 0.1) is 0 Å². The van der Waals surface area contributed by atoms with Crippen LogP contribution in [0.15, 0.2) is 39.9 Å². The summed E-state index contributed by atoms with van der Waals surface area (Å²) in [7, 11) is 1.64. The number of aromatic amines is 1. The Labute approximate surface area is 157 Å². The number of aromatic nitrogens is 2. The van der Waals surface area contributed by atoms with Crippen LogP contribution in [0.5, 0.6) is 0 Å². The molecular weight excluding hydrogens is 346 g/mol. The summed E-state index contributed by atoms with van der Waals surface area (Å²) in [5, 5.41) is 0. The van der Waals surface area contributed by atoms with E-state index < -0.39 is 11.2 Å². The second-order valence-corrected chi connectivity index (χ2v) is 6.86. The molecule has 2 heterocycles. The highest BCUT2D eigenvalue weighted by Crippen LogP contribution is 2.17. The Morgan fingerprint density at radius 1 is 1.15 bits per heavy atom. The number of benzene rings is 1. The van der Waals surface area contributed by atoms with E-state index in [1.54, 1.807) is 7.05 Å². The Bertz CT molecular complexity index is 913. The number of amides is 1. The molecule has 8 heteroatoms. The van der Waals surface area contributed by atoms with E-state index in [-0.39, 0.29) is 30.5 Å². The second-order valence-electron chi connectivity index (χ2n) is 6.86. The zero-order valence-corrected chi connectivity index (χ0v) is 15.5. The highest BCUT2D eigenvalue weighted by Gasteiger charge is 2.22. The van der Waals surface area contributed by atoms with Crippen molar-refractivity contribution in [3.05, 3.63) is 56.7 Å². The first-order chi connectivity index (χ1) is 13.0. The van der Waals surface area contributed by atoms with Crippen LogP contribution in [0.25, 0.3) is 0 Å². The lowest BCUT2D eigenvalue weighted by atomic mass is 10.1. The molecule has 3 N–H and O–H groups in total. The van der Waals surface area contributed by atoms with E-state index in [2.05, 4.69) is 4.98 Å². The molecule has 144 valence electrons. The molecule has 1 amide bonds. The number of H-pyrrole nitrogens is 1. The lowest BCUT2D eigenvalue weighted by Crippen LogP contribution is -2.44. The molecule has 0 radical (unpaired) electrons. The molecule has 0 spiro atoms. The normalized spacial score (nSPS) is 14.2. The lowest BCUT2D eigenvalue weighted by Gasteiger charge is -2.29. The number of anilines is 2. The molecule has 0 saturated carbocycles. The predicted octanol–water partition coefficient (Wildman–Crippen LogP) is 0.616. The average Bonchev–Trinajstić information content (AvgIpc) is 2.66. The van der Waals surface area contributed by atoms with Crippen molar-refractivity contribution in [1.82, 2.24) is 14.5 Å². The van der Waals surface area contributed by atoms with Crippen LogP contribution < -0.4 is 21.9 Å². The topological polar surface area (TPSA) is 104 Å². The van der Waals surface area contributed by atoms with Crippen molar-refractivity contribution < 1.29 is 4.79 Å². The van der Waals surface area contributed by atoms with Crippen molar-refractivity contribution in [1.29, 1.82) is 0 Å². The van der Waals surface area contributed by atoms with E-state index >= 15 is 0 Å². The molecule has 0 unspecified atom stereocenters. The van der Waals surface area contributed by atoms with Gasteiger partial charge in [-0.05, 0) is 24.8 Å². The third-order valence-corrected chi connectivity index (χ3v) is 4.86. The molecule has 1 aliphatic rings. The summed E-state index contributed by atoms with van der Waals surface area (Å²) in [4.78, 5) is 42.7. The van der Waals surface area contributed by atoms with Gasteiger partial charge in [-0.15, -0.1) is 0 Å². The zero-order valence-electron chi connectivity index (χ0n) is 15.5. The molecule has 3 rings (SSSR count). The molecule has 1 aliphatic heterocycles. The van der Waals surface area contributed by atoms with Crippen molar-refractivity contribution in [3.8, 4) is 0 Å². The van der Waals surface area contributed by atoms with Crippen LogP contribution >= 0.6 is 0 Å². The van der Waals surface area contributed by atoms with E-state index in [1.165, 1.54) is 9.47 Å². The lowest BCUT2D eigenvalue weighted by molar-refractivity contribution is -0.130. The summed E-state index contributed by atoms with van der Waals surface area (Å²) in [6.07, 6.45) is 3.14. The van der Waals surface area contributed by atoms with Crippen LogP contribution in [0.3, 0.4) is 0 Å². The van der Waals surface area contributed by atoms with Crippen molar-refractivity contribution >= 4 is 17.4 Å². The molecule has 1 aromatic carbocycles. The van der Waals surface area contributed by atoms with Gasteiger partial charge >= 0.3 is 5.69 Å². The number of nitrogens with two attached hydrogens (primary N) is 1. The van der Waals surface area contributed by atoms with Gasteiger partial charge in [-0.25, -0.2) is 4.79 Å². The number of hydrogen-bond acceptors (Lipinski definition) is 5. The number of likely N-dealkylation sites (tertiary alicyclic amines) is 1. The first-order valence-corrected chi connectivity index (χ1v) is 9.13. The molecule has 0 bridgehead atoms. The number of carbonyl (C=O) groups is 1. The maximum absolute atomic E-state index is 12.5. The SMILES string of the molecule is CN(CC(=O)N1CCCCC1)c1c(N)n(Cc2ccccc2)c(=O)[nH]c1=O. The Morgan fingerprint density at radius 3 is 2.48 bits per heavy atom. The van der Waals surface area contributed by atoms with Gasteiger partial charge in [-0.2, -0.15) is 0 Å². The number of rotatable bonds is 5. The molecule has 27 heavy (non-hydrogen) atoms. The smallest absolute Gasteiger partial charge is 0.330 e. The fraction of sp³-hybridized carbons (Fsp3) is 0.421. The summed E-state index contributed by atoms with van der Waals surface area (Å²) in [5.74, 6) is 0.0124. The van der Waals surface area contributed by atoms with Crippen LogP contribution in [0.2, 0.25) is 0 Å². The van der Waals surface area contributed by atoms with Gasteiger partial charge in [0, 0.05) is 20.1 Å². The van der Waals surface area contributed by atoms with Gasteiger partial charge in [0.15, 0.2) is 0 Å². The highest BCUT2D eigenvalue weighted by molar-refractivity contribution is 5.82. The minimum Gasteiger partial charge on any atom is -0.383 e. The monoisotopic (exact) mass is 371 g/mol. The molecule has 0 atom stereocenters. The highest BCUT2D eigenvalue weighted by atomic mass is 16.2. The van der Waals surface area contributed by atoms with Crippen molar-refractivity contribution in [2.75, 3.05) is 37.3 Å². The van der Waals surface area contributed by atoms with Gasteiger partial charge in [0.05, 0.1) is 13.1 Å². The zero-order chi connectivity index (χ0) is 19.4. The Hall–Kier alpha value is -3.03. The van der Waals surface area contributed by atoms with Gasteiger partial charge in [-0.1, -0.05) is 30.3 Å². The summed E-state index contributed by atoms with van der Waals surface area (Å²) >= 11 is 0. The van der Waals surface area contributed by atoms with Gasteiger partial charge in [0.2, 0.25) is 5.91 Å². The van der Waals surface area contributed by atoms with Crippen LogP contribution in [-0.4, -0.2) is 47.0 Å². The van der Waals surface area contributed by atoms with Crippen molar-refractivity contribution in [3.63, 3.8) is 0 Å². The van der Waals surface area contributed by atoms with E-state index in [0.717, 1.165) is 37.9 Å². The molecule has 1 fully saturated rings. The summed E-state index contributed by atoms with van der Waals surface area (Å²) in [6.45, 7) is 1.76. The van der Waals surface area contributed by atoms with Crippen LogP contribution in [0.4, 0.5) is 11.5 Å². The van der Waals surface area contributed by atoms with E-state index in [4.69, 9.17) is 5.73 Å². The standard InChI is InChI=1S/C19H25N5O3/c1-22(13-15(25)23-10-6-3-7-11-23)16-17(20)24(19(27)21-18(16)26)12-14-8-4-2-5-9-14/h2,4-5,8-9H,3,6-7,10-13,20H2,1H3,(H,21,26,27). The third kappa shape index (κ3) is 4.21. The maximum atomic E-state index is 12.5. The summed E-state index contributed by atoms with van der Waals surface area (Å²) < 4.78 is 1.31. The quantitative estimate of drug-likeness (QED) is 0.802. The minimum atomic E-state index is -0.587. The maximum Gasteiger partial charge on any atom is 0.330 e. The third-order valence-electron chi connectivity index (χ3n) is 4.86. The molecule has 8 nitrogen and oxygen atoms in total. The Balaban J connectivity index is 1.86. The first-order valence-electron chi connectivity index (χ1n) is 9.13. The Morgan fingerprint density at radius 2 is 1.81 bits per heavy atom. The predicted molar refractivity (Wildman–Crippen MR) is 105 cm³/mol. The van der Waals surface area contributed by atoms with Crippen molar-refractivity contribution in [2.45, 2.75) is 25.8 Å². The van der Waals surface area contributed by atoms with Crippen LogP contribution in [-0.2, 0) is 11.3 Å². The number of carbonyl (C=O) groups excluding carboxylic acids is 1. The first kappa shape index (κ1) is 18.8. The number of piperidine rings is 1. The van der Waals surface area contributed by atoms with Crippen molar-refractivity contribution in [2.24, 2.45) is 0 Å². The number of hydrogen-bond donors (Lipinski definition) is 2. The summed E-state index contributed by atoms with van der Waals surface area (Å²) in [5.41, 5.74) is 6.03. The fourth-order valence-corrected chi connectivity index (χ4v) is 3.39. The number of nitrogens with one attached hydrogen (secondary N) is 1. The summed E-state index contributed by atoms with van der Waals surface area (Å²) in [6, 6.07) is 9.37. The Kier molecular flexibility index (Phi) is 5.63. The second kappa shape index (κ2) is 8.11. The molecular formula is C19H25N5O3. The average molecular weight is 371 g/mol. The molecule has 2 aromatic rings. The van der Waals surface area contributed by atoms with Crippen LogP contribution in [0.1, 0.15) is 24.8 Å². The van der Waals surface area contributed by atoms with Gasteiger partial charge < -0.3 is 15.5 Å². The minimum absolute atomic E-state index is 0.0385. The van der Waals surface area contributed by atoms with Gasteiger partial charge in [0.25, 0.3) is 5.56 Å². The largest absolute Gasteiger partial charge is 0.383 e. The molecule has 1 aromatic heterocycles. The van der Waals surface area contributed by atoms with E-state index in [0.29, 0.717) is 0 Å². The number of likely N-dealkylation sites (N-methyl/N-ethyl adjacent to an activating group) is 1. The molecule has 1 saturated heterocycles. The number of nitrogen functional groups attached to an aromatic ring is 1. The van der Waals surface area contributed by atoms with E-state index in [1.807, 2.05) is 35.2 Å². The molecule has 0 aliphatic carbocycles.